The van der Waals surface area contributed by atoms with E-state index in [-0.39, 0.29) is 11.8 Å². The van der Waals surface area contributed by atoms with Gasteiger partial charge in [-0.2, -0.15) is 0 Å². The molecule has 1 amide bonds. The van der Waals surface area contributed by atoms with E-state index < -0.39 is 5.60 Å². The van der Waals surface area contributed by atoms with Crippen LogP contribution in [0.1, 0.15) is 24.6 Å². The molecule has 142 valence electrons. The number of methoxy groups -OCH3 is 1. The molecule has 2 aliphatic rings. The van der Waals surface area contributed by atoms with Crippen molar-refractivity contribution >= 4 is 5.91 Å². The van der Waals surface area contributed by atoms with Crippen LogP contribution in [0.4, 0.5) is 0 Å². The van der Waals surface area contributed by atoms with Crippen LogP contribution in [0.5, 0.6) is 5.75 Å². The molecule has 0 unspecified atom stereocenters. The summed E-state index contributed by atoms with van der Waals surface area (Å²) in [7, 11) is 1.65. The summed E-state index contributed by atoms with van der Waals surface area (Å²) >= 11 is 0. The Balaban J connectivity index is 1.47. The third-order valence-electron chi connectivity index (χ3n) is 5.44. The van der Waals surface area contributed by atoms with Crippen molar-refractivity contribution < 1.29 is 14.6 Å². The van der Waals surface area contributed by atoms with Crippen molar-refractivity contribution in [2.45, 2.75) is 24.4 Å². The number of rotatable bonds is 4. The number of hydrogen-bond acceptors (Lipinski definition) is 6. The second-order valence-electron chi connectivity index (χ2n) is 7.20. The number of ether oxygens (including phenoxy) is 1. The highest BCUT2D eigenvalue weighted by atomic mass is 16.5. The molecule has 7 heteroatoms. The number of amides is 1. The molecule has 2 fully saturated rings. The number of aliphatic hydroxyl groups is 1. The molecular weight excluding hydrogens is 344 g/mol. The van der Waals surface area contributed by atoms with E-state index in [4.69, 9.17) is 9.72 Å². The summed E-state index contributed by atoms with van der Waals surface area (Å²) in [4.78, 5) is 23.5. The number of aromatic nitrogens is 2. The second-order valence-corrected chi connectivity index (χ2v) is 7.20. The predicted octanol–water partition coefficient (Wildman–Crippen LogP) is 1.19. The van der Waals surface area contributed by atoms with Gasteiger partial charge >= 0.3 is 0 Å². The maximum absolute atomic E-state index is 12.4. The minimum Gasteiger partial charge on any atom is -0.496 e. The molecule has 2 aromatic rings. The molecule has 0 bridgehead atoms. The van der Waals surface area contributed by atoms with Gasteiger partial charge in [-0.3, -0.25) is 4.79 Å². The molecule has 0 aliphatic carbocycles. The molecule has 27 heavy (non-hydrogen) atoms. The lowest BCUT2D eigenvalue weighted by Gasteiger charge is -2.41. The molecule has 2 aliphatic heterocycles. The summed E-state index contributed by atoms with van der Waals surface area (Å²) in [5.41, 5.74) is 0.564. The lowest BCUT2D eigenvalue weighted by atomic mass is 9.91. The Morgan fingerprint density at radius 1 is 1.26 bits per heavy atom. The Morgan fingerprint density at radius 3 is 2.67 bits per heavy atom. The third kappa shape index (κ3) is 3.40. The largest absolute Gasteiger partial charge is 0.496 e. The molecule has 1 aromatic carbocycles. The normalized spacial score (nSPS) is 19.4. The molecule has 4 rings (SSSR count). The number of hydrogen-bond donors (Lipinski definition) is 2. The number of carbonyl (C=O) groups excluding carboxylic acids is 1. The zero-order valence-corrected chi connectivity index (χ0v) is 15.4. The zero-order valence-electron chi connectivity index (χ0n) is 15.4. The predicted molar refractivity (Wildman–Crippen MR) is 100 cm³/mol. The smallest absolute Gasteiger partial charge is 0.257 e. The van der Waals surface area contributed by atoms with Gasteiger partial charge in [0.2, 0.25) is 0 Å². The van der Waals surface area contributed by atoms with E-state index in [9.17, 15) is 9.90 Å². The third-order valence-corrected chi connectivity index (χ3v) is 5.44. The fraction of sp³-hybridized carbons (Fsp3) is 0.450. The molecule has 7 nitrogen and oxygen atoms in total. The number of para-hydroxylation sites is 1. The van der Waals surface area contributed by atoms with Crippen LogP contribution in [0.15, 0.2) is 36.5 Å². The quantitative estimate of drug-likeness (QED) is 0.843. The van der Waals surface area contributed by atoms with Crippen molar-refractivity contribution in [1.82, 2.24) is 20.2 Å². The number of piperidine rings is 1. The van der Waals surface area contributed by atoms with Crippen LogP contribution in [0, 0.1) is 0 Å². The fourth-order valence-corrected chi connectivity index (χ4v) is 3.72. The summed E-state index contributed by atoms with van der Waals surface area (Å²) in [5, 5.41) is 13.2. The van der Waals surface area contributed by atoms with Crippen molar-refractivity contribution in [3.63, 3.8) is 0 Å². The number of likely N-dealkylation sites (tertiary alicyclic amines) is 1. The summed E-state index contributed by atoms with van der Waals surface area (Å²) in [6.45, 7) is 1.92. The number of benzene rings is 1. The van der Waals surface area contributed by atoms with Crippen molar-refractivity contribution in [2.75, 3.05) is 33.3 Å². The van der Waals surface area contributed by atoms with E-state index >= 15 is 0 Å². The fourth-order valence-electron chi connectivity index (χ4n) is 3.72. The molecule has 2 N–H and O–H groups in total. The second kappa shape index (κ2) is 7.25. The van der Waals surface area contributed by atoms with Crippen LogP contribution in [0.2, 0.25) is 0 Å². The Hall–Kier alpha value is -2.51. The maximum Gasteiger partial charge on any atom is 0.257 e. The van der Waals surface area contributed by atoms with E-state index in [1.54, 1.807) is 18.2 Å². The van der Waals surface area contributed by atoms with Gasteiger partial charge in [0, 0.05) is 43.9 Å². The van der Waals surface area contributed by atoms with Gasteiger partial charge in [-0.15, -0.1) is 0 Å². The maximum atomic E-state index is 12.4. The Bertz CT molecular complexity index is 829. The molecule has 0 saturated carbocycles. The number of nitrogens with one attached hydrogen (secondary N) is 1. The van der Waals surface area contributed by atoms with Gasteiger partial charge in [-0.05, 0) is 31.0 Å². The zero-order chi connectivity index (χ0) is 18.9. The number of carbonyl (C=O) groups is 1. The van der Waals surface area contributed by atoms with Gasteiger partial charge in [-0.25, -0.2) is 9.97 Å². The van der Waals surface area contributed by atoms with Gasteiger partial charge in [0.25, 0.3) is 5.91 Å². The highest BCUT2D eigenvalue weighted by Gasteiger charge is 2.45. The van der Waals surface area contributed by atoms with E-state index in [0.29, 0.717) is 26.2 Å². The first-order valence-electron chi connectivity index (χ1n) is 9.29. The average Bonchev–Trinajstić information content (AvgIpc) is 2.71. The molecule has 2 saturated heterocycles. The van der Waals surface area contributed by atoms with Crippen LogP contribution in [-0.4, -0.2) is 64.8 Å². The first-order valence-corrected chi connectivity index (χ1v) is 9.29. The van der Waals surface area contributed by atoms with Crippen LogP contribution in [0.25, 0.3) is 11.3 Å². The first-order chi connectivity index (χ1) is 13.1. The van der Waals surface area contributed by atoms with Crippen LogP contribution >= 0.6 is 0 Å². The van der Waals surface area contributed by atoms with Gasteiger partial charge < -0.3 is 20.1 Å². The minimum absolute atomic E-state index is 0.164. The molecule has 0 radical (unpaired) electrons. The van der Waals surface area contributed by atoms with Gasteiger partial charge in [0.15, 0.2) is 5.60 Å². The van der Waals surface area contributed by atoms with Gasteiger partial charge in [0.05, 0.1) is 12.8 Å². The minimum atomic E-state index is -1.22. The SMILES string of the molecule is COc1ccccc1-c1ccnc(C2CCN(C(=O)C3(O)CNC3)CC2)n1. The topological polar surface area (TPSA) is 87.6 Å². The summed E-state index contributed by atoms with van der Waals surface area (Å²) in [6.07, 6.45) is 3.37. The highest BCUT2D eigenvalue weighted by molar-refractivity contribution is 5.86. The molecule has 1 aromatic heterocycles. The molecular formula is C20H24N4O3. The average molecular weight is 368 g/mol. The van der Waals surface area contributed by atoms with Crippen LogP contribution in [0.3, 0.4) is 0 Å². The standard InChI is InChI=1S/C20H24N4O3/c1-27-17-5-3-2-4-15(17)16-6-9-22-18(23-16)14-7-10-24(11-8-14)19(25)20(26)12-21-13-20/h2-6,9,14,21,26H,7-8,10-13H2,1H3. The molecule has 3 heterocycles. The lowest BCUT2D eigenvalue weighted by molar-refractivity contribution is -0.157. The van der Waals surface area contributed by atoms with E-state index in [2.05, 4.69) is 10.3 Å². The Kier molecular flexibility index (Phi) is 4.80. The first kappa shape index (κ1) is 17.9. The number of nitrogens with zero attached hydrogens (tertiary/aromatic N) is 3. The lowest BCUT2D eigenvalue weighted by Crippen LogP contribution is -2.68. The summed E-state index contributed by atoms with van der Waals surface area (Å²) < 4.78 is 5.44. The van der Waals surface area contributed by atoms with E-state index in [1.165, 1.54) is 0 Å². The van der Waals surface area contributed by atoms with Gasteiger partial charge in [-0.1, -0.05) is 12.1 Å². The van der Waals surface area contributed by atoms with E-state index in [0.717, 1.165) is 35.7 Å². The highest BCUT2D eigenvalue weighted by Crippen LogP contribution is 2.31. The Morgan fingerprint density at radius 2 is 2.00 bits per heavy atom. The Labute approximate surface area is 158 Å². The van der Waals surface area contributed by atoms with Crippen molar-refractivity contribution in [3.8, 4) is 17.0 Å². The summed E-state index contributed by atoms with van der Waals surface area (Å²) in [5.74, 6) is 1.63. The van der Waals surface area contributed by atoms with Crippen molar-refractivity contribution in [1.29, 1.82) is 0 Å². The van der Waals surface area contributed by atoms with Crippen molar-refractivity contribution in [2.24, 2.45) is 0 Å². The van der Waals surface area contributed by atoms with Crippen LogP contribution in [-0.2, 0) is 4.79 Å². The summed E-state index contributed by atoms with van der Waals surface area (Å²) in [6, 6.07) is 9.69. The number of β-amino-alcohol motifs (C(OH)–C–C–N with tert-alkyl or cyclic N) is 1. The van der Waals surface area contributed by atoms with E-state index in [1.807, 2.05) is 30.3 Å². The molecule has 0 spiro atoms. The van der Waals surface area contributed by atoms with Gasteiger partial charge in [0.1, 0.15) is 11.6 Å². The molecule has 0 atom stereocenters. The van der Waals surface area contributed by atoms with Crippen molar-refractivity contribution in [3.05, 3.63) is 42.4 Å². The van der Waals surface area contributed by atoms with Crippen LogP contribution < -0.4 is 10.1 Å². The monoisotopic (exact) mass is 368 g/mol.